The van der Waals surface area contributed by atoms with E-state index in [2.05, 4.69) is 19.9 Å². The highest BCUT2D eigenvalue weighted by Gasteiger charge is 2.37. The van der Waals surface area contributed by atoms with Gasteiger partial charge in [0.25, 0.3) is 11.1 Å². The lowest BCUT2D eigenvalue weighted by Crippen LogP contribution is -2.25. The molecule has 1 saturated heterocycles. The quantitative estimate of drug-likeness (QED) is 0.137. The van der Waals surface area contributed by atoms with E-state index in [0.717, 1.165) is 16.8 Å². The number of aliphatic hydroxyl groups is 1. The Labute approximate surface area is 337 Å². The Balaban J connectivity index is 0.965. The van der Waals surface area contributed by atoms with Crippen molar-refractivity contribution in [1.29, 1.82) is 0 Å². The number of aromatic nitrogens is 6. The minimum absolute atomic E-state index is 0.0351. The Bertz CT molecular complexity index is 3100. The van der Waals surface area contributed by atoms with Crippen LogP contribution in [0.4, 0.5) is 10.1 Å². The van der Waals surface area contributed by atoms with Crippen molar-refractivity contribution in [2.45, 2.75) is 31.8 Å². The maximum Gasteiger partial charge on any atom is 0.260 e. The predicted molar refractivity (Wildman–Crippen MR) is 224 cm³/mol. The Morgan fingerprint density at radius 2 is 1.34 bits per heavy atom. The molecule has 0 radical (unpaired) electrons. The van der Waals surface area contributed by atoms with Gasteiger partial charge in [-0.2, -0.15) is 0 Å². The number of hydrogen-bond donors (Lipinski definition) is 3. The number of sulfonamides is 1. The average molecular weight is 812 g/mol. The van der Waals surface area contributed by atoms with Crippen molar-refractivity contribution in [2.24, 2.45) is 0 Å². The van der Waals surface area contributed by atoms with Crippen LogP contribution in [0.5, 0.6) is 5.75 Å². The molecule has 1 aliphatic rings. The van der Waals surface area contributed by atoms with Crippen LogP contribution in [0.25, 0.3) is 55.7 Å². The van der Waals surface area contributed by atoms with E-state index in [1.165, 1.54) is 29.1 Å². The zero-order valence-corrected chi connectivity index (χ0v) is 32.8. The van der Waals surface area contributed by atoms with Crippen LogP contribution in [0.15, 0.2) is 132 Å². The lowest BCUT2D eigenvalue weighted by molar-refractivity contribution is 0.0547. The number of halogens is 1. The minimum Gasteiger partial charge on any atom is -0.490 e. The molecule has 1 aliphatic heterocycles. The van der Waals surface area contributed by atoms with E-state index < -0.39 is 21.4 Å². The molecule has 0 spiro atoms. The molecular weight excluding hydrogens is 774 g/mol. The first-order valence-electron chi connectivity index (χ1n) is 18.9. The molecule has 298 valence electrons. The maximum absolute atomic E-state index is 15.2. The van der Waals surface area contributed by atoms with Gasteiger partial charge in [0.15, 0.2) is 22.9 Å². The van der Waals surface area contributed by atoms with Gasteiger partial charge in [-0.3, -0.25) is 13.9 Å². The van der Waals surface area contributed by atoms with E-state index >= 15 is 4.39 Å². The van der Waals surface area contributed by atoms with Gasteiger partial charge in [0, 0.05) is 53.8 Å². The van der Waals surface area contributed by atoms with Crippen molar-refractivity contribution >= 4 is 37.8 Å². The summed E-state index contributed by atoms with van der Waals surface area (Å²) in [6, 6.07) is 28.6. The third-order valence-electron chi connectivity index (χ3n) is 10.7. The number of rotatable bonds is 10. The number of anilines is 1. The Kier molecular flexibility index (Phi) is 9.28. The number of hydrogen-bond acceptors (Lipinski definition) is 8. The van der Waals surface area contributed by atoms with Gasteiger partial charge < -0.3 is 28.9 Å². The normalized spacial score (nSPS) is 15.3. The molecule has 4 aromatic heterocycles. The highest BCUT2D eigenvalue weighted by Crippen LogP contribution is 2.37. The Hall–Kier alpha value is -6.84. The van der Waals surface area contributed by atoms with Gasteiger partial charge in [-0.1, -0.05) is 48.5 Å². The molecule has 1 fully saturated rings. The van der Waals surface area contributed by atoms with Gasteiger partial charge in [-0.25, -0.2) is 22.8 Å². The number of fused-ring (bicyclic) bond motifs is 2. The number of para-hydroxylation sites is 1. The summed E-state index contributed by atoms with van der Waals surface area (Å²) >= 11 is 0. The van der Waals surface area contributed by atoms with E-state index in [9.17, 15) is 23.1 Å². The summed E-state index contributed by atoms with van der Waals surface area (Å²) in [6.45, 7) is 3.66. The van der Waals surface area contributed by atoms with E-state index in [1.54, 1.807) is 42.8 Å². The number of nitrogens with one attached hydrogen (secondary N) is 2. The van der Waals surface area contributed by atoms with E-state index in [4.69, 9.17) is 4.74 Å². The van der Waals surface area contributed by atoms with Gasteiger partial charge in [-0.15, -0.1) is 0 Å². The minimum atomic E-state index is -3.67. The molecule has 3 N–H and O–H groups in total. The fourth-order valence-corrected chi connectivity index (χ4v) is 9.49. The summed E-state index contributed by atoms with van der Waals surface area (Å²) in [4.78, 5) is 40.3. The molecule has 0 saturated carbocycles. The molecule has 1 unspecified atom stereocenters. The third-order valence-corrected chi connectivity index (χ3v) is 12.5. The van der Waals surface area contributed by atoms with E-state index in [-0.39, 0.29) is 47.1 Å². The van der Waals surface area contributed by atoms with Crippen LogP contribution in [0.2, 0.25) is 0 Å². The first-order valence-corrected chi connectivity index (χ1v) is 20.5. The van der Waals surface area contributed by atoms with Crippen LogP contribution in [0.1, 0.15) is 31.7 Å². The van der Waals surface area contributed by atoms with Crippen molar-refractivity contribution in [1.82, 2.24) is 29.1 Å². The predicted octanol–water partition coefficient (Wildman–Crippen LogP) is 6.69. The van der Waals surface area contributed by atoms with Gasteiger partial charge in [0.05, 0.1) is 47.1 Å². The molecule has 9 rings (SSSR count). The number of benzene rings is 4. The molecule has 0 bridgehead atoms. The molecule has 8 aromatic rings. The van der Waals surface area contributed by atoms with Crippen molar-refractivity contribution in [2.75, 3.05) is 23.2 Å². The second-order valence-electron chi connectivity index (χ2n) is 15.2. The van der Waals surface area contributed by atoms with Crippen molar-refractivity contribution < 1.29 is 22.7 Å². The van der Waals surface area contributed by atoms with E-state index in [0.29, 0.717) is 51.2 Å². The smallest absolute Gasteiger partial charge is 0.260 e. The van der Waals surface area contributed by atoms with Crippen molar-refractivity contribution in [3.05, 3.63) is 154 Å². The zero-order valence-electron chi connectivity index (χ0n) is 32.0. The van der Waals surface area contributed by atoms with Crippen LogP contribution in [0, 0.1) is 5.82 Å². The van der Waals surface area contributed by atoms with Gasteiger partial charge in [0.2, 0.25) is 10.0 Å². The molecule has 4 aromatic carbocycles. The molecule has 0 aliphatic carbocycles. The average Bonchev–Trinajstić information content (AvgIpc) is 3.91. The zero-order chi connectivity index (χ0) is 41.1. The summed E-state index contributed by atoms with van der Waals surface area (Å²) in [7, 11) is -3.67. The van der Waals surface area contributed by atoms with Crippen LogP contribution in [0.3, 0.4) is 0 Å². The standard InChI is InChI=1S/C44H38FN7O6S/c1-44(2,55)18-19-58-37-17-12-29(20-36(37)45)35-23-51(41-39(35)43(54)49-26-47-41)32-13-8-27(9-14-32)30-21-52(59(56,57)24-30)33-15-10-28(11-16-33)34-22-50(31-6-4-3-5-7-31)40-38(34)42(53)48-25-46-40/h3-17,20,22-23,25-26,30,55H,18-19,21,24H2,1-2H3,(H,46,48,53)(H,47,49,54). The Morgan fingerprint density at radius 1 is 0.780 bits per heavy atom. The second-order valence-corrected chi connectivity index (χ2v) is 17.2. The summed E-state index contributed by atoms with van der Waals surface area (Å²) in [6.07, 6.45) is 6.59. The first kappa shape index (κ1) is 37.7. The third kappa shape index (κ3) is 7.08. The number of ether oxygens (including phenoxy) is 1. The summed E-state index contributed by atoms with van der Waals surface area (Å²) < 4.78 is 53.0. The molecule has 15 heteroatoms. The lowest BCUT2D eigenvalue weighted by atomic mass is 10.0. The molecule has 13 nitrogen and oxygen atoms in total. The van der Waals surface area contributed by atoms with E-state index in [1.807, 2.05) is 77.5 Å². The van der Waals surface area contributed by atoms with Crippen molar-refractivity contribution in [3.8, 4) is 39.4 Å². The van der Waals surface area contributed by atoms with Crippen LogP contribution in [-0.2, 0) is 10.0 Å². The second kappa shape index (κ2) is 14.5. The monoisotopic (exact) mass is 811 g/mol. The number of nitrogens with zero attached hydrogens (tertiary/aromatic N) is 5. The largest absolute Gasteiger partial charge is 0.490 e. The van der Waals surface area contributed by atoms with Gasteiger partial charge in [-0.05, 0) is 79.1 Å². The summed E-state index contributed by atoms with van der Waals surface area (Å²) in [5, 5.41) is 10.7. The SMILES string of the molecule is CC(C)(O)CCOc1ccc(-c2cn(-c3ccc(C4CN(c5ccc(-c6cn(-c7ccccc7)c7nc[nH]c(=O)c67)cc5)S(=O)(=O)C4)cc3)c3nc[nH]c(=O)c23)cc1F. The summed E-state index contributed by atoms with van der Waals surface area (Å²) in [5.74, 6) is -0.988. The molecule has 5 heterocycles. The highest BCUT2D eigenvalue weighted by atomic mass is 32.2. The first-order chi connectivity index (χ1) is 28.3. The molecule has 1 atom stereocenters. The molecule has 0 amide bonds. The topological polar surface area (TPSA) is 168 Å². The lowest BCUT2D eigenvalue weighted by Gasteiger charge is -2.18. The Morgan fingerprint density at radius 3 is 1.93 bits per heavy atom. The van der Waals surface area contributed by atoms with Crippen LogP contribution < -0.4 is 20.2 Å². The van der Waals surface area contributed by atoms with Gasteiger partial charge >= 0.3 is 0 Å². The molecule has 59 heavy (non-hydrogen) atoms. The highest BCUT2D eigenvalue weighted by molar-refractivity contribution is 7.93. The maximum atomic E-state index is 15.2. The van der Waals surface area contributed by atoms with Gasteiger partial charge in [0.1, 0.15) is 0 Å². The van der Waals surface area contributed by atoms with Crippen molar-refractivity contribution in [3.63, 3.8) is 0 Å². The number of aromatic amines is 2. The van der Waals surface area contributed by atoms with Crippen LogP contribution >= 0.6 is 0 Å². The van der Waals surface area contributed by atoms with Crippen LogP contribution in [-0.4, -0.2) is 67.1 Å². The number of H-pyrrole nitrogens is 2. The molecular formula is C44H38FN7O6S. The fraction of sp³-hybridized carbons (Fsp3) is 0.182. The summed E-state index contributed by atoms with van der Waals surface area (Å²) in [5.41, 5.74) is 4.44. The fourth-order valence-electron chi connectivity index (χ4n) is 7.65.